The molecular formula is C20H19NO2. The zero-order valence-electron chi connectivity index (χ0n) is 13.3. The van der Waals surface area contributed by atoms with E-state index in [4.69, 9.17) is 4.74 Å². The van der Waals surface area contributed by atoms with Gasteiger partial charge in [-0.05, 0) is 30.2 Å². The van der Waals surface area contributed by atoms with Crippen molar-refractivity contribution < 1.29 is 4.74 Å². The van der Waals surface area contributed by atoms with Gasteiger partial charge in [0.2, 0.25) is 0 Å². The second-order valence-electron chi connectivity index (χ2n) is 5.59. The van der Waals surface area contributed by atoms with E-state index in [0.717, 1.165) is 22.6 Å². The Labute approximate surface area is 135 Å². The molecule has 3 rings (SSSR count). The standard InChI is InChI=1S/C20H19NO2/c1-15-3-7-17(8-4-15)20-13-18(22)11-12-21(20)14-16-5-9-19(23-2)10-6-16/h3-13H,14H2,1-2H3. The van der Waals surface area contributed by atoms with Crippen LogP contribution in [0.25, 0.3) is 11.3 Å². The maximum Gasteiger partial charge on any atom is 0.182 e. The summed E-state index contributed by atoms with van der Waals surface area (Å²) in [7, 11) is 1.66. The van der Waals surface area contributed by atoms with Gasteiger partial charge in [0.25, 0.3) is 0 Å². The number of aryl methyl sites for hydroxylation is 1. The van der Waals surface area contributed by atoms with E-state index in [9.17, 15) is 4.79 Å². The molecule has 0 saturated heterocycles. The van der Waals surface area contributed by atoms with Gasteiger partial charge in [-0.2, -0.15) is 0 Å². The highest BCUT2D eigenvalue weighted by Crippen LogP contribution is 2.20. The average molecular weight is 305 g/mol. The number of pyridine rings is 1. The van der Waals surface area contributed by atoms with Crippen molar-refractivity contribution in [1.29, 1.82) is 0 Å². The first-order valence-electron chi connectivity index (χ1n) is 7.56. The molecule has 3 aromatic rings. The SMILES string of the molecule is COc1ccc(Cn2ccc(=O)cc2-c2ccc(C)cc2)cc1. The minimum Gasteiger partial charge on any atom is -0.497 e. The van der Waals surface area contributed by atoms with Crippen LogP contribution < -0.4 is 10.2 Å². The number of rotatable bonds is 4. The second kappa shape index (κ2) is 6.53. The lowest BCUT2D eigenvalue weighted by Crippen LogP contribution is -2.09. The molecule has 3 heteroatoms. The summed E-state index contributed by atoms with van der Waals surface area (Å²) in [6.45, 7) is 2.76. The Hall–Kier alpha value is -2.81. The van der Waals surface area contributed by atoms with Crippen molar-refractivity contribution in [3.05, 3.63) is 88.2 Å². The molecule has 0 spiro atoms. The summed E-state index contributed by atoms with van der Waals surface area (Å²) >= 11 is 0. The molecule has 0 aliphatic heterocycles. The Balaban J connectivity index is 1.98. The lowest BCUT2D eigenvalue weighted by molar-refractivity contribution is 0.414. The van der Waals surface area contributed by atoms with Gasteiger partial charge in [0.05, 0.1) is 12.8 Å². The van der Waals surface area contributed by atoms with Gasteiger partial charge < -0.3 is 9.30 Å². The fourth-order valence-electron chi connectivity index (χ4n) is 2.55. The van der Waals surface area contributed by atoms with Crippen molar-refractivity contribution in [2.45, 2.75) is 13.5 Å². The third-order valence-electron chi connectivity index (χ3n) is 3.87. The summed E-state index contributed by atoms with van der Waals surface area (Å²) in [6, 6.07) is 19.5. The van der Waals surface area contributed by atoms with E-state index in [2.05, 4.69) is 35.8 Å². The van der Waals surface area contributed by atoms with Crippen LogP contribution >= 0.6 is 0 Å². The number of hydrogen-bond acceptors (Lipinski definition) is 2. The van der Waals surface area contributed by atoms with Gasteiger partial charge in [0.15, 0.2) is 5.43 Å². The Kier molecular flexibility index (Phi) is 4.29. The van der Waals surface area contributed by atoms with E-state index in [1.807, 2.05) is 30.5 Å². The summed E-state index contributed by atoms with van der Waals surface area (Å²) in [6.07, 6.45) is 1.85. The van der Waals surface area contributed by atoms with Crippen LogP contribution in [0.1, 0.15) is 11.1 Å². The molecule has 0 N–H and O–H groups in total. The minimum atomic E-state index is 0.0200. The van der Waals surface area contributed by atoms with Gasteiger partial charge in [0.1, 0.15) is 5.75 Å². The molecule has 116 valence electrons. The van der Waals surface area contributed by atoms with Crippen molar-refractivity contribution >= 4 is 0 Å². The van der Waals surface area contributed by atoms with Crippen molar-refractivity contribution in [3.8, 4) is 17.0 Å². The normalized spacial score (nSPS) is 10.5. The van der Waals surface area contributed by atoms with E-state index in [-0.39, 0.29) is 5.43 Å². The zero-order valence-corrected chi connectivity index (χ0v) is 13.3. The van der Waals surface area contributed by atoms with Crippen molar-refractivity contribution in [2.75, 3.05) is 7.11 Å². The highest BCUT2D eigenvalue weighted by molar-refractivity contribution is 5.60. The van der Waals surface area contributed by atoms with Crippen LogP contribution in [-0.4, -0.2) is 11.7 Å². The van der Waals surface area contributed by atoms with Gasteiger partial charge in [-0.1, -0.05) is 42.0 Å². The van der Waals surface area contributed by atoms with E-state index in [1.165, 1.54) is 5.56 Å². The first kappa shape index (κ1) is 15.1. The molecule has 1 heterocycles. The molecular weight excluding hydrogens is 286 g/mol. The van der Waals surface area contributed by atoms with Crippen molar-refractivity contribution in [3.63, 3.8) is 0 Å². The monoisotopic (exact) mass is 305 g/mol. The topological polar surface area (TPSA) is 31.2 Å². The molecule has 0 unspecified atom stereocenters. The second-order valence-corrected chi connectivity index (χ2v) is 5.59. The van der Waals surface area contributed by atoms with Crippen LogP contribution in [0.3, 0.4) is 0 Å². The minimum absolute atomic E-state index is 0.0200. The maximum absolute atomic E-state index is 11.8. The van der Waals surface area contributed by atoms with Crippen LogP contribution in [0.5, 0.6) is 5.75 Å². The molecule has 0 atom stereocenters. The highest BCUT2D eigenvalue weighted by atomic mass is 16.5. The molecule has 3 nitrogen and oxygen atoms in total. The van der Waals surface area contributed by atoms with E-state index in [1.54, 1.807) is 19.2 Å². The number of ether oxygens (including phenoxy) is 1. The molecule has 0 saturated carbocycles. The molecule has 23 heavy (non-hydrogen) atoms. The first-order valence-corrected chi connectivity index (χ1v) is 7.56. The van der Waals surface area contributed by atoms with Gasteiger partial charge in [-0.15, -0.1) is 0 Å². The van der Waals surface area contributed by atoms with E-state index < -0.39 is 0 Å². The predicted octanol–water partition coefficient (Wildman–Crippen LogP) is 3.88. The lowest BCUT2D eigenvalue weighted by atomic mass is 10.1. The van der Waals surface area contributed by atoms with Crippen LogP contribution in [0.15, 0.2) is 71.7 Å². The Morgan fingerprint density at radius 3 is 2.30 bits per heavy atom. The van der Waals surface area contributed by atoms with Crippen LogP contribution in [-0.2, 0) is 6.54 Å². The van der Waals surface area contributed by atoms with Crippen LogP contribution in [0.2, 0.25) is 0 Å². The maximum atomic E-state index is 11.8. The summed E-state index contributed by atoms with van der Waals surface area (Å²) in [4.78, 5) is 11.8. The van der Waals surface area contributed by atoms with Gasteiger partial charge in [-0.25, -0.2) is 0 Å². The summed E-state index contributed by atoms with van der Waals surface area (Å²) in [5.41, 5.74) is 4.35. The van der Waals surface area contributed by atoms with Crippen LogP contribution in [0, 0.1) is 6.92 Å². The fourth-order valence-corrected chi connectivity index (χ4v) is 2.55. The van der Waals surface area contributed by atoms with Gasteiger partial charge in [0, 0.05) is 24.9 Å². The largest absolute Gasteiger partial charge is 0.497 e. The number of aromatic nitrogens is 1. The number of methoxy groups -OCH3 is 1. The van der Waals surface area contributed by atoms with Crippen LogP contribution in [0.4, 0.5) is 0 Å². The molecule has 2 aromatic carbocycles. The molecule has 1 aromatic heterocycles. The molecule has 0 bridgehead atoms. The Morgan fingerprint density at radius 2 is 1.65 bits per heavy atom. The predicted molar refractivity (Wildman–Crippen MR) is 93.0 cm³/mol. The summed E-state index contributed by atoms with van der Waals surface area (Å²) in [5, 5.41) is 0. The van der Waals surface area contributed by atoms with Crippen molar-refractivity contribution in [1.82, 2.24) is 4.57 Å². The zero-order chi connectivity index (χ0) is 16.2. The summed E-state index contributed by atoms with van der Waals surface area (Å²) < 4.78 is 7.28. The fraction of sp³-hybridized carbons (Fsp3) is 0.150. The molecule has 0 amide bonds. The first-order chi connectivity index (χ1) is 11.2. The average Bonchev–Trinajstić information content (AvgIpc) is 2.58. The molecule has 0 fully saturated rings. The van der Waals surface area contributed by atoms with Crippen molar-refractivity contribution in [2.24, 2.45) is 0 Å². The third kappa shape index (κ3) is 3.51. The number of nitrogens with zero attached hydrogens (tertiary/aromatic N) is 1. The summed E-state index contributed by atoms with van der Waals surface area (Å²) in [5.74, 6) is 0.840. The Bertz CT molecular complexity index is 846. The quantitative estimate of drug-likeness (QED) is 0.732. The Morgan fingerprint density at radius 1 is 0.957 bits per heavy atom. The van der Waals surface area contributed by atoms with E-state index in [0.29, 0.717) is 6.54 Å². The van der Waals surface area contributed by atoms with Gasteiger partial charge in [-0.3, -0.25) is 4.79 Å². The lowest BCUT2D eigenvalue weighted by Gasteiger charge is -2.14. The smallest absolute Gasteiger partial charge is 0.182 e. The molecule has 0 radical (unpaired) electrons. The highest BCUT2D eigenvalue weighted by Gasteiger charge is 2.05. The third-order valence-corrected chi connectivity index (χ3v) is 3.87. The number of benzene rings is 2. The molecule has 0 aliphatic rings. The molecule has 0 aliphatic carbocycles. The van der Waals surface area contributed by atoms with E-state index >= 15 is 0 Å². The van der Waals surface area contributed by atoms with Gasteiger partial charge >= 0.3 is 0 Å². The number of hydrogen-bond donors (Lipinski definition) is 0.